The third-order valence-corrected chi connectivity index (χ3v) is 3.63. The van der Waals surface area contributed by atoms with Crippen LogP contribution in [0.2, 0.25) is 0 Å². The number of rotatable bonds is 5. The number of halogens is 2. The Morgan fingerprint density at radius 2 is 2.05 bits per heavy atom. The van der Waals surface area contributed by atoms with Gasteiger partial charge in [-0.15, -0.1) is 0 Å². The van der Waals surface area contributed by atoms with Gasteiger partial charge in [-0.1, -0.05) is 6.92 Å². The van der Waals surface area contributed by atoms with Crippen LogP contribution in [0.5, 0.6) is 0 Å². The molecule has 0 unspecified atom stereocenters. The molecule has 0 aliphatic carbocycles. The lowest BCUT2D eigenvalue weighted by atomic mass is 9.98. The van der Waals surface area contributed by atoms with Crippen molar-refractivity contribution in [1.29, 1.82) is 0 Å². The molecule has 1 fully saturated rings. The molecule has 0 saturated carbocycles. The van der Waals surface area contributed by atoms with Crippen molar-refractivity contribution in [2.45, 2.75) is 26.2 Å². The molecule has 1 aliphatic heterocycles. The summed E-state index contributed by atoms with van der Waals surface area (Å²) < 4.78 is 27.5. The summed E-state index contributed by atoms with van der Waals surface area (Å²) in [7, 11) is 0. The van der Waals surface area contributed by atoms with Gasteiger partial charge in [-0.05, 0) is 25.2 Å². The molecule has 6 heteroatoms. The lowest BCUT2D eigenvalue weighted by Crippen LogP contribution is -2.36. The van der Waals surface area contributed by atoms with Crippen molar-refractivity contribution >= 4 is 11.6 Å². The highest BCUT2D eigenvalue weighted by Gasteiger charge is 2.23. The standard InChI is InChI=1S/C14H21F2N3O/c1-2-5-17-13-11(15)8-12(16)14(18-13)19-6-3-10(9-20)4-7-19/h8,10,20H,2-7,9H2,1H3,(H,17,18). The van der Waals surface area contributed by atoms with E-state index in [4.69, 9.17) is 5.11 Å². The molecule has 112 valence electrons. The second kappa shape index (κ2) is 6.83. The van der Waals surface area contributed by atoms with Gasteiger partial charge in [-0.25, -0.2) is 13.8 Å². The van der Waals surface area contributed by atoms with Crippen LogP contribution in [-0.4, -0.2) is 36.3 Å². The van der Waals surface area contributed by atoms with Gasteiger partial charge >= 0.3 is 0 Å². The molecule has 20 heavy (non-hydrogen) atoms. The van der Waals surface area contributed by atoms with E-state index in [1.54, 1.807) is 0 Å². The van der Waals surface area contributed by atoms with E-state index in [1.807, 2.05) is 11.8 Å². The number of aliphatic hydroxyl groups excluding tert-OH is 1. The highest BCUT2D eigenvalue weighted by molar-refractivity contribution is 5.49. The number of nitrogens with zero attached hydrogens (tertiary/aromatic N) is 2. The maximum absolute atomic E-state index is 13.9. The molecule has 1 aromatic rings. The monoisotopic (exact) mass is 285 g/mol. The highest BCUT2D eigenvalue weighted by atomic mass is 19.1. The number of hydrogen-bond donors (Lipinski definition) is 2. The Kier molecular flexibility index (Phi) is 5.11. The lowest BCUT2D eigenvalue weighted by Gasteiger charge is -2.32. The largest absolute Gasteiger partial charge is 0.396 e. The molecule has 1 aromatic heterocycles. The van der Waals surface area contributed by atoms with Gasteiger partial charge in [-0.2, -0.15) is 0 Å². The summed E-state index contributed by atoms with van der Waals surface area (Å²) in [6, 6.07) is 0.887. The third kappa shape index (κ3) is 3.36. The topological polar surface area (TPSA) is 48.4 Å². The van der Waals surface area contributed by atoms with Crippen LogP contribution < -0.4 is 10.2 Å². The minimum Gasteiger partial charge on any atom is -0.396 e. The van der Waals surface area contributed by atoms with Crippen molar-refractivity contribution < 1.29 is 13.9 Å². The summed E-state index contributed by atoms with van der Waals surface area (Å²) in [6.07, 6.45) is 2.44. The van der Waals surface area contributed by atoms with E-state index in [-0.39, 0.29) is 24.2 Å². The van der Waals surface area contributed by atoms with Gasteiger partial charge in [0.05, 0.1) is 0 Å². The highest BCUT2D eigenvalue weighted by Crippen LogP contribution is 2.26. The Hall–Kier alpha value is -1.43. The summed E-state index contributed by atoms with van der Waals surface area (Å²) in [4.78, 5) is 5.90. The molecule has 1 saturated heterocycles. The fraction of sp³-hybridized carbons (Fsp3) is 0.643. The molecular weight excluding hydrogens is 264 g/mol. The summed E-state index contributed by atoms with van der Waals surface area (Å²) in [5.41, 5.74) is 0. The SMILES string of the molecule is CCCNc1nc(N2CCC(CO)CC2)c(F)cc1F. The van der Waals surface area contributed by atoms with Crippen molar-refractivity contribution in [2.75, 3.05) is 36.5 Å². The number of aromatic nitrogens is 1. The van der Waals surface area contributed by atoms with Crippen molar-refractivity contribution in [3.63, 3.8) is 0 Å². The van der Waals surface area contributed by atoms with Gasteiger partial charge in [0.15, 0.2) is 23.3 Å². The predicted molar refractivity (Wildman–Crippen MR) is 75.0 cm³/mol. The molecule has 2 heterocycles. The fourth-order valence-electron chi connectivity index (χ4n) is 2.37. The van der Waals surface area contributed by atoms with E-state index in [0.29, 0.717) is 19.6 Å². The molecule has 0 bridgehead atoms. The van der Waals surface area contributed by atoms with E-state index in [0.717, 1.165) is 25.3 Å². The van der Waals surface area contributed by atoms with Gasteiger partial charge in [0.2, 0.25) is 0 Å². The van der Waals surface area contributed by atoms with Crippen LogP contribution in [0.1, 0.15) is 26.2 Å². The van der Waals surface area contributed by atoms with Gasteiger partial charge in [0.1, 0.15) is 0 Å². The molecule has 4 nitrogen and oxygen atoms in total. The molecule has 2 N–H and O–H groups in total. The van der Waals surface area contributed by atoms with Crippen molar-refractivity contribution in [2.24, 2.45) is 5.92 Å². The zero-order chi connectivity index (χ0) is 14.5. The first-order valence-corrected chi connectivity index (χ1v) is 7.11. The summed E-state index contributed by atoms with van der Waals surface area (Å²) >= 11 is 0. The average molecular weight is 285 g/mol. The Bertz CT molecular complexity index is 448. The smallest absolute Gasteiger partial charge is 0.168 e. The van der Waals surface area contributed by atoms with Crippen molar-refractivity contribution in [3.05, 3.63) is 17.7 Å². The molecule has 0 amide bonds. The minimum atomic E-state index is -0.662. The number of piperidine rings is 1. The zero-order valence-corrected chi connectivity index (χ0v) is 11.7. The summed E-state index contributed by atoms with van der Waals surface area (Å²) in [6.45, 7) is 4.00. The van der Waals surface area contributed by atoms with Gasteiger partial charge < -0.3 is 15.3 Å². The number of aliphatic hydroxyl groups is 1. The van der Waals surface area contributed by atoms with E-state index in [1.165, 1.54) is 0 Å². The Morgan fingerprint density at radius 1 is 1.35 bits per heavy atom. The number of nitrogens with one attached hydrogen (secondary N) is 1. The lowest BCUT2D eigenvalue weighted by molar-refractivity contribution is 0.202. The maximum atomic E-state index is 13.9. The zero-order valence-electron chi connectivity index (χ0n) is 11.7. The fourth-order valence-corrected chi connectivity index (χ4v) is 2.37. The van der Waals surface area contributed by atoms with Crippen LogP contribution in [0.25, 0.3) is 0 Å². The second-order valence-electron chi connectivity index (χ2n) is 5.16. The van der Waals surface area contributed by atoms with Crippen LogP contribution in [-0.2, 0) is 0 Å². The second-order valence-corrected chi connectivity index (χ2v) is 5.16. The first kappa shape index (κ1) is 15.0. The van der Waals surface area contributed by atoms with Gasteiger partial charge in [-0.3, -0.25) is 0 Å². The van der Waals surface area contributed by atoms with Crippen LogP contribution in [0.3, 0.4) is 0 Å². The maximum Gasteiger partial charge on any atom is 0.168 e. The van der Waals surface area contributed by atoms with E-state index in [2.05, 4.69) is 10.3 Å². The summed E-state index contributed by atoms with van der Waals surface area (Å²) in [5.74, 6) is -0.724. The van der Waals surface area contributed by atoms with Crippen LogP contribution in [0, 0.1) is 17.6 Å². The van der Waals surface area contributed by atoms with Crippen LogP contribution in [0.15, 0.2) is 6.07 Å². The van der Waals surface area contributed by atoms with E-state index < -0.39 is 11.6 Å². The Morgan fingerprint density at radius 3 is 2.65 bits per heavy atom. The molecule has 1 aliphatic rings. The number of anilines is 2. The molecule has 0 radical (unpaired) electrons. The molecule has 2 rings (SSSR count). The van der Waals surface area contributed by atoms with E-state index >= 15 is 0 Å². The van der Waals surface area contributed by atoms with Crippen molar-refractivity contribution in [1.82, 2.24) is 4.98 Å². The minimum absolute atomic E-state index is 0.104. The Balaban J connectivity index is 2.14. The van der Waals surface area contributed by atoms with Crippen molar-refractivity contribution in [3.8, 4) is 0 Å². The quantitative estimate of drug-likeness (QED) is 0.872. The Labute approximate surface area is 117 Å². The third-order valence-electron chi connectivity index (χ3n) is 3.63. The molecular formula is C14H21F2N3O. The van der Waals surface area contributed by atoms with E-state index in [9.17, 15) is 8.78 Å². The number of pyridine rings is 1. The molecule has 0 aromatic carbocycles. The van der Waals surface area contributed by atoms with Crippen LogP contribution >= 0.6 is 0 Å². The molecule has 0 atom stereocenters. The van der Waals surface area contributed by atoms with Gasteiger partial charge in [0.25, 0.3) is 0 Å². The first-order chi connectivity index (χ1) is 9.65. The van der Waals surface area contributed by atoms with Crippen LogP contribution in [0.4, 0.5) is 20.4 Å². The normalized spacial score (nSPS) is 16.5. The average Bonchev–Trinajstić information content (AvgIpc) is 2.47. The number of hydrogen-bond acceptors (Lipinski definition) is 4. The first-order valence-electron chi connectivity index (χ1n) is 7.11. The summed E-state index contributed by atoms with van der Waals surface area (Å²) in [5, 5.41) is 12.0. The molecule has 0 spiro atoms. The van der Waals surface area contributed by atoms with Gasteiger partial charge in [0, 0.05) is 32.3 Å². The predicted octanol–water partition coefficient (Wildman–Crippen LogP) is 2.39.